The minimum absolute atomic E-state index is 0.274. The predicted octanol–water partition coefficient (Wildman–Crippen LogP) is 3.48. The Morgan fingerprint density at radius 3 is 2.62 bits per heavy atom. The van der Waals surface area contributed by atoms with Gasteiger partial charge in [0.2, 0.25) is 5.91 Å². The molecule has 1 saturated carbocycles. The van der Waals surface area contributed by atoms with Crippen LogP contribution in [0.15, 0.2) is 12.4 Å². The smallest absolute Gasteiger partial charge is 0.223 e. The van der Waals surface area contributed by atoms with Crippen LogP contribution in [-0.2, 0) is 17.8 Å². The van der Waals surface area contributed by atoms with Gasteiger partial charge in [0.05, 0.1) is 0 Å². The molecule has 3 rings (SSSR count). The molecule has 0 bridgehead atoms. The summed E-state index contributed by atoms with van der Waals surface area (Å²) < 4.78 is 0. The number of nitrogens with one attached hydrogen (secondary N) is 1. The van der Waals surface area contributed by atoms with Crippen molar-refractivity contribution in [1.29, 1.82) is 0 Å². The van der Waals surface area contributed by atoms with Crippen molar-refractivity contribution >= 4 is 5.91 Å². The van der Waals surface area contributed by atoms with E-state index in [1.54, 1.807) is 0 Å². The minimum atomic E-state index is 0.274. The lowest BCUT2D eigenvalue weighted by Gasteiger charge is -2.35. The van der Waals surface area contributed by atoms with Crippen LogP contribution in [0.1, 0.15) is 76.1 Å². The van der Waals surface area contributed by atoms with Crippen molar-refractivity contribution in [3.63, 3.8) is 0 Å². The van der Waals surface area contributed by atoms with Gasteiger partial charge in [-0.3, -0.25) is 9.69 Å². The van der Waals surface area contributed by atoms with Crippen molar-refractivity contribution in [2.45, 2.75) is 83.7 Å². The lowest BCUT2D eigenvalue weighted by molar-refractivity contribution is -0.124. The number of amides is 1. The second-order valence-electron chi connectivity index (χ2n) is 7.94. The molecule has 1 aliphatic carbocycles. The molecule has 2 aliphatic rings. The second-order valence-corrected chi connectivity index (χ2v) is 7.94. The van der Waals surface area contributed by atoms with Gasteiger partial charge >= 0.3 is 0 Å². The Hall–Kier alpha value is -1.49. The highest BCUT2D eigenvalue weighted by Crippen LogP contribution is 2.25. The van der Waals surface area contributed by atoms with E-state index in [9.17, 15) is 4.79 Å². The van der Waals surface area contributed by atoms with E-state index in [4.69, 9.17) is 0 Å². The highest BCUT2D eigenvalue weighted by atomic mass is 16.1. The van der Waals surface area contributed by atoms with Crippen molar-refractivity contribution in [3.05, 3.63) is 23.8 Å². The van der Waals surface area contributed by atoms with Crippen molar-refractivity contribution in [3.8, 4) is 0 Å². The number of nitrogens with zero attached hydrogens (tertiary/aromatic N) is 3. The Morgan fingerprint density at radius 1 is 1.15 bits per heavy atom. The molecule has 2 fully saturated rings. The first kappa shape index (κ1) is 19.3. The maximum Gasteiger partial charge on any atom is 0.223 e. The molecule has 5 nitrogen and oxygen atoms in total. The van der Waals surface area contributed by atoms with E-state index in [2.05, 4.69) is 27.1 Å². The maximum atomic E-state index is 12.2. The largest absolute Gasteiger partial charge is 0.356 e. The van der Waals surface area contributed by atoms with E-state index in [0.717, 1.165) is 57.6 Å². The minimum Gasteiger partial charge on any atom is -0.356 e. The molecule has 0 radical (unpaired) electrons. The first-order valence-electron chi connectivity index (χ1n) is 10.6. The molecule has 1 saturated heterocycles. The predicted molar refractivity (Wildman–Crippen MR) is 104 cm³/mol. The Morgan fingerprint density at radius 2 is 1.88 bits per heavy atom. The number of aryl methyl sites for hydroxylation is 1. The summed E-state index contributed by atoms with van der Waals surface area (Å²) in [6, 6.07) is 0.558. The quantitative estimate of drug-likeness (QED) is 0.773. The van der Waals surface area contributed by atoms with Gasteiger partial charge in [-0.15, -0.1) is 0 Å². The van der Waals surface area contributed by atoms with Gasteiger partial charge in [0, 0.05) is 49.4 Å². The molecule has 5 heteroatoms. The zero-order valence-corrected chi connectivity index (χ0v) is 16.3. The monoisotopic (exact) mass is 358 g/mol. The number of carbonyl (C=O) groups excluding carboxylic acids is 1. The normalized spacial score (nSPS) is 21.8. The first-order chi connectivity index (χ1) is 12.8. The zero-order valence-electron chi connectivity index (χ0n) is 16.3. The summed E-state index contributed by atoms with van der Waals surface area (Å²) >= 11 is 0. The standard InChI is InChI=1S/C21H34N4O/c1-2-7-20-23-14-17(15-24-20)16-25-13-6-5-10-19(25)11-12-22-21(26)18-8-3-4-9-18/h14-15,18-19H,2-13,16H2,1H3,(H,22,26)/t19-/m0/s1. The highest BCUT2D eigenvalue weighted by Gasteiger charge is 2.25. The van der Waals surface area contributed by atoms with Gasteiger partial charge in [-0.25, -0.2) is 9.97 Å². The third-order valence-corrected chi connectivity index (χ3v) is 5.87. The number of carbonyl (C=O) groups is 1. The molecule has 2 heterocycles. The van der Waals surface area contributed by atoms with E-state index >= 15 is 0 Å². The van der Waals surface area contributed by atoms with Gasteiger partial charge in [0.15, 0.2) is 0 Å². The summed E-state index contributed by atoms with van der Waals surface area (Å²) in [5.74, 6) is 1.50. The fraction of sp³-hybridized carbons (Fsp3) is 0.762. The number of aromatic nitrogens is 2. The summed E-state index contributed by atoms with van der Waals surface area (Å²) in [6.45, 7) is 5.02. The Labute approximate surface area is 158 Å². The average Bonchev–Trinajstić information content (AvgIpc) is 3.20. The molecular weight excluding hydrogens is 324 g/mol. The Balaban J connectivity index is 1.46. The number of likely N-dealkylation sites (tertiary alicyclic amines) is 1. The molecule has 1 N–H and O–H groups in total. The fourth-order valence-electron chi connectivity index (χ4n) is 4.34. The molecule has 1 atom stereocenters. The van der Waals surface area contributed by atoms with Gasteiger partial charge in [-0.05, 0) is 45.1 Å². The summed E-state index contributed by atoms with van der Waals surface area (Å²) in [6.07, 6.45) is 15.4. The van der Waals surface area contributed by atoms with Crippen LogP contribution in [0.25, 0.3) is 0 Å². The van der Waals surface area contributed by atoms with Crippen LogP contribution < -0.4 is 5.32 Å². The zero-order chi connectivity index (χ0) is 18.2. The summed E-state index contributed by atoms with van der Waals surface area (Å²) in [4.78, 5) is 23.7. The summed E-state index contributed by atoms with van der Waals surface area (Å²) in [5, 5.41) is 3.19. The maximum absolute atomic E-state index is 12.2. The molecule has 0 unspecified atom stereocenters. The van der Waals surface area contributed by atoms with Crippen molar-refractivity contribution < 1.29 is 4.79 Å². The number of hydrogen-bond donors (Lipinski definition) is 1. The van der Waals surface area contributed by atoms with Gasteiger partial charge in [-0.2, -0.15) is 0 Å². The van der Waals surface area contributed by atoms with Crippen LogP contribution in [0.3, 0.4) is 0 Å². The molecule has 1 amide bonds. The molecule has 1 aromatic heterocycles. The van der Waals surface area contributed by atoms with Crippen molar-refractivity contribution in [2.24, 2.45) is 5.92 Å². The number of rotatable bonds is 8. The topological polar surface area (TPSA) is 58.1 Å². The van der Waals surface area contributed by atoms with E-state index in [0.29, 0.717) is 6.04 Å². The first-order valence-corrected chi connectivity index (χ1v) is 10.6. The van der Waals surface area contributed by atoms with Gasteiger partial charge in [-0.1, -0.05) is 26.2 Å². The SMILES string of the molecule is CCCc1ncc(CN2CCCC[C@H]2CCNC(=O)C2CCCC2)cn1. The van der Waals surface area contributed by atoms with E-state index in [-0.39, 0.29) is 11.8 Å². The third kappa shape index (κ3) is 5.50. The van der Waals surface area contributed by atoms with Gasteiger partial charge in [0.25, 0.3) is 0 Å². The van der Waals surface area contributed by atoms with Crippen LogP contribution in [-0.4, -0.2) is 39.9 Å². The molecule has 0 aromatic carbocycles. The molecule has 26 heavy (non-hydrogen) atoms. The van der Waals surface area contributed by atoms with Crippen LogP contribution in [0.4, 0.5) is 0 Å². The lowest BCUT2D eigenvalue weighted by Crippen LogP contribution is -2.41. The third-order valence-electron chi connectivity index (χ3n) is 5.87. The van der Waals surface area contributed by atoms with E-state index in [1.165, 1.54) is 37.7 Å². The summed E-state index contributed by atoms with van der Waals surface area (Å²) in [5.41, 5.74) is 1.20. The van der Waals surface area contributed by atoms with Crippen LogP contribution in [0.5, 0.6) is 0 Å². The van der Waals surface area contributed by atoms with Crippen LogP contribution in [0.2, 0.25) is 0 Å². The Bertz CT molecular complexity index is 554. The van der Waals surface area contributed by atoms with Crippen LogP contribution >= 0.6 is 0 Å². The van der Waals surface area contributed by atoms with E-state index < -0.39 is 0 Å². The Kier molecular flexibility index (Phi) is 7.42. The van der Waals surface area contributed by atoms with Crippen molar-refractivity contribution in [2.75, 3.05) is 13.1 Å². The lowest BCUT2D eigenvalue weighted by atomic mass is 9.98. The highest BCUT2D eigenvalue weighted by molar-refractivity contribution is 5.78. The second kappa shape index (κ2) is 10.0. The summed E-state index contributed by atoms with van der Waals surface area (Å²) in [7, 11) is 0. The molecule has 0 spiro atoms. The number of piperidine rings is 1. The van der Waals surface area contributed by atoms with E-state index in [1.807, 2.05) is 12.4 Å². The van der Waals surface area contributed by atoms with Gasteiger partial charge in [0.1, 0.15) is 5.82 Å². The molecule has 1 aromatic rings. The number of hydrogen-bond acceptors (Lipinski definition) is 4. The fourth-order valence-corrected chi connectivity index (χ4v) is 4.34. The van der Waals surface area contributed by atoms with Crippen LogP contribution in [0, 0.1) is 5.92 Å². The van der Waals surface area contributed by atoms with Crippen molar-refractivity contribution in [1.82, 2.24) is 20.2 Å². The molecule has 144 valence electrons. The molecule has 1 aliphatic heterocycles. The van der Waals surface area contributed by atoms with Gasteiger partial charge < -0.3 is 5.32 Å². The average molecular weight is 359 g/mol. The molecular formula is C21H34N4O.